The standard InChI is InChI=1S/C22H13N7O11/c23-18-9-14(24-30)5-1-12(18)3-7-16-20(27(35)36)11-21(28(37)38)17(22(16)29(39)40)8-4-13-2-6-15(25(31)32)10-19(13)26(33)34/h1-11H,23H2/b7-3+,8-4+. The maximum absolute atomic E-state index is 12.1. The van der Waals surface area contributed by atoms with E-state index >= 15 is 0 Å². The van der Waals surface area contributed by atoms with Gasteiger partial charge in [-0.1, -0.05) is 12.1 Å². The van der Waals surface area contributed by atoms with E-state index in [1.807, 2.05) is 0 Å². The average Bonchev–Trinajstić information content (AvgIpc) is 2.89. The van der Waals surface area contributed by atoms with Crippen LogP contribution in [0.25, 0.3) is 24.3 Å². The number of nitro benzene ring substituents is 5. The molecule has 0 aliphatic carbocycles. The SMILES string of the molecule is Nc1cc(N=O)ccc1/C=C/c1c([N+](=O)[O-])cc([N+](=O)[O-])c(/C=C/c2ccc([N+](=O)[O-])cc2[N+](=O)[O-])c1[N+](=O)[O-]. The van der Waals surface area contributed by atoms with Gasteiger partial charge in [0.1, 0.15) is 16.8 Å². The van der Waals surface area contributed by atoms with E-state index in [1.165, 1.54) is 18.2 Å². The molecule has 18 nitrogen and oxygen atoms in total. The molecule has 202 valence electrons. The first-order chi connectivity index (χ1) is 18.8. The van der Waals surface area contributed by atoms with Gasteiger partial charge in [0.15, 0.2) is 0 Å². The summed E-state index contributed by atoms with van der Waals surface area (Å²) < 4.78 is 0. The van der Waals surface area contributed by atoms with Crippen LogP contribution in [-0.2, 0) is 0 Å². The summed E-state index contributed by atoms with van der Waals surface area (Å²) in [6, 6.07) is 6.72. The second kappa shape index (κ2) is 11.3. The lowest BCUT2D eigenvalue weighted by Gasteiger charge is -2.06. The summed E-state index contributed by atoms with van der Waals surface area (Å²) in [5.41, 5.74) is -0.314. The molecule has 0 unspecified atom stereocenters. The molecule has 0 aliphatic rings. The number of nitrogen functional groups attached to an aromatic ring is 1. The van der Waals surface area contributed by atoms with Gasteiger partial charge in [-0.05, 0) is 47.2 Å². The third-order valence-electron chi connectivity index (χ3n) is 5.37. The fraction of sp³-hybridized carbons (Fsp3) is 0. The largest absolute Gasteiger partial charge is 0.398 e. The summed E-state index contributed by atoms with van der Waals surface area (Å²) in [6.07, 6.45) is 3.70. The summed E-state index contributed by atoms with van der Waals surface area (Å²) >= 11 is 0. The molecule has 0 saturated carbocycles. The van der Waals surface area contributed by atoms with Crippen LogP contribution in [0.1, 0.15) is 22.3 Å². The minimum atomic E-state index is -1.11. The van der Waals surface area contributed by atoms with E-state index in [0.29, 0.717) is 12.1 Å². The van der Waals surface area contributed by atoms with Gasteiger partial charge in [-0.25, -0.2) is 0 Å². The Morgan fingerprint density at radius 1 is 0.600 bits per heavy atom. The first kappa shape index (κ1) is 28.1. The van der Waals surface area contributed by atoms with Crippen LogP contribution in [-0.4, -0.2) is 24.6 Å². The lowest BCUT2D eigenvalue weighted by molar-refractivity contribution is -0.403. The zero-order valence-electron chi connectivity index (χ0n) is 19.6. The minimum absolute atomic E-state index is 0.00818. The Morgan fingerprint density at radius 2 is 1.12 bits per heavy atom. The Morgan fingerprint density at radius 3 is 1.57 bits per heavy atom. The Hall–Kier alpha value is -6.46. The summed E-state index contributed by atoms with van der Waals surface area (Å²) in [5.74, 6) is 0. The maximum Gasteiger partial charge on any atom is 0.297 e. The Kier molecular flexibility index (Phi) is 7.94. The molecule has 0 radical (unpaired) electrons. The van der Waals surface area contributed by atoms with E-state index in [9.17, 15) is 55.5 Å². The Bertz CT molecular complexity index is 1680. The van der Waals surface area contributed by atoms with Crippen LogP contribution < -0.4 is 5.73 Å². The van der Waals surface area contributed by atoms with Crippen molar-refractivity contribution in [2.24, 2.45) is 5.18 Å². The van der Waals surface area contributed by atoms with Gasteiger partial charge < -0.3 is 5.73 Å². The van der Waals surface area contributed by atoms with Crippen molar-refractivity contribution >= 4 is 64.1 Å². The van der Waals surface area contributed by atoms with Crippen LogP contribution in [0.4, 0.5) is 39.8 Å². The molecule has 0 aliphatic heterocycles. The first-order valence-corrected chi connectivity index (χ1v) is 10.5. The quantitative estimate of drug-likeness (QED) is 0.107. The summed E-state index contributed by atoms with van der Waals surface area (Å²) in [4.78, 5) is 63.5. The molecule has 40 heavy (non-hydrogen) atoms. The second-order valence-electron chi connectivity index (χ2n) is 7.69. The zero-order valence-corrected chi connectivity index (χ0v) is 19.6. The van der Waals surface area contributed by atoms with Crippen molar-refractivity contribution in [2.45, 2.75) is 0 Å². The molecule has 3 rings (SSSR count). The highest BCUT2D eigenvalue weighted by Crippen LogP contribution is 2.41. The van der Waals surface area contributed by atoms with Gasteiger partial charge in [0, 0.05) is 11.8 Å². The van der Waals surface area contributed by atoms with Gasteiger partial charge in [-0.2, -0.15) is 0 Å². The molecule has 0 fully saturated rings. The fourth-order valence-electron chi connectivity index (χ4n) is 3.56. The lowest BCUT2D eigenvalue weighted by atomic mass is 9.99. The van der Waals surface area contributed by atoms with E-state index in [-0.39, 0.29) is 22.5 Å². The molecule has 0 bridgehead atoms. The topological polar surface area (TPSA) is 271 Å². The van der Waals surface area contributed by atoms with E-state index in [0.717, 1.165) is 36.4 Å². The molecule has 0 aromatic heterocycles. The van der Waals surface area contributed by atoms with Crippen molar-refractivity contribution in [3.8, 4) is 0 Å². The molecule has 2 N–H and O–H groups in total. The maximum atomic E-state index is 12.1. The van der Waals surface area contributed by atoms with Crippen molar-refractivity contribution < 1.29 is 24.6 Å². The van der Waals surface area contributed by atoms with Crippen LogP contribution in [0.2, 0.25) is 0 Å². The number of rotatable bonds is 10. The van der Waals surface area contributed by atoms with Crippen molar-refractivity contribution in [2.75, 3.05) is 5.73 Å². The Labute approximate surface area is 220 Å². The minimum Gasteiger partial charge on any atom is -0.398 e. The van der Waals surface area contributed by atoms with Crippen LogP contribution in [0.5, 0.6) is 0 Å². The van der Waals surface area contributed by atoms with E-state index < -0.39 is 64.2 Å². The van der Waals surface area contributed by atoms with Gasteiger partial charge in [0.25, 0.3) is 28.4 Å². The van der Waals surface area contributed by atoms with E-state index in [2.05, 4.69) is 5.18 Å². The molecule has 0 saturated heterocycles. The molecular formula is C22H13N7O11. The number of nitrogens with zero attached hydrogens (tertiary/aromatic N) is 6. The monoisotopic (exact) mass is 551 g/mol. The van der Waals surface area contributed by atoms with Gasteiger partial charge in [-0.15, -0.1) is 4.91 Å². The van der Waals surface area contributed by atoms with Crippen molar-refractivity contribution in [1.29, 1.82) is 0 Å². The molecule has 3 aromatic rings. The third kappa shape index (κ3) is 5.75. The molecule has 0 amide bonds. The van der Waals surface area contributed by atoms with Crippen LogP contribution in [0.15, 0.2) is 47.6 Å². The Balaban J connectivity index is 2.31. The van der Waals surface area contributed by atoms with Crippen LogP contribution >= 0.6 is 0 Å². The number of nitroso groups, excluding NO2 is 1. The fourth-order valence-corrected chi connectivity index (χ4v) is 3.56. The first-order valence-electron chi connectivity index (χ1n) is 10.5. The number of anilines is 1. The highest BCUT2D eigenvalue weighted by atomic mass is 16.6. The predicted molar refractivity (Wildman–Crippen MR) is 140 cm³/mol. The lowest BCUT2D eigenvalue weighted by Crippen LogP contribution is -2.04. The third-order valence-corrected chi connectivity index (χ3v) is 5.37. The normalized spacial score (nSPS) is 11.0. The summed E-state index contributed by atoms with van der Waals surface area (Å²) in [7, 11) is 0. The van der Waals surface area contributed by atoms with Crippen LogP contribution in [0.3, 0.4) is 0 Å². The molecule has 18 heteroatoms. The van der Waals surface area contributed by atoms with Gasteiger partial charge in [0.2, 0.25) is 0 Å². The number of nitro groups is 5. The van der Waals surface area contributed by atoms with Gasteiger partial charge in [0.05, 0.1) is 42.3 Å². The van der Waals surface area contributed by atoms with E-state index in [1.54, 1.807) is 0 Å². The number of hydrogen-bond donors (Lipinski definition) is 1. The zero-order chi connectivity index (χ0) is 29.7. The van der Waals surface area contributed by atoms with Gasteiger partial charge in [-0.3, -0.25) is 50.6 Å². The highest BCUT2D eigenvalue weighted by Gasteiger charge is 2.34. The highest BCUT2D eigenvalue weighted by molar-refractivity contribution is 5.91. The molecule has 0 heterocycles. The summed E-state index contributed by atoms with van der Waals surface area (Å²) in [6.45, 7) is 0. The van der Waals surface area contributed by atoms with Crippen LogP contribution in [0, 0.1) is 55.5 Å². The number of non-ortho nitro benzene ring substituents is 1. The molecule has 0 spiro atoms. The average molecular weight is 551 g/mol. The summed E-state index contributed by atoms with van der Waals surface area (Å²) in [5, 5.41) is 60.7. The predicted octanol–water partition coefficient (Wildman–Crippen LogP) is 5.55. The second-order valence-corrected chi connectivity index (χ2v) is 7.69. The smallest absolute Gasteiger partial charge is 0.297 e. The molecule has 3 aromatic carbocycles. The number of hydrogen-bond acceptors (Lipinski definition) is 13. The number of benzene rings is 3. The molecule has 0 atom stereocenters. The van der Waals surface area contributed by atoms with Crippen molar-refractivity contribution in [1.82, 2.24) is 0 Å². The van der Waals surface area contributed by atoms with Gasteiger partial charge >= 0.3 is 0 Å². The number of nitrogens with two attached hydrogens (primary N) is 1. The van der Waals surface area contributed by atoms with Crippen molar-refractivity contribution in [3.05, 3.63) is 120 Å². The molecular weight excluding hydrogens is 538 g/mol. The van der Waals surface area contributed by atoms with Crippen molar-refractivity contribution in [3.63, 3.8) is 0 Å². The van der Waals surface area contributed by atoms with E-state index in [4.69, 9.17) is 5.73 Å².